The molecule has 1 heterocycles. The summed E-state index contributed by atoms with van der Waals surface area (Å²) in [6.45, 7) is 7.03. The van der Waals surface area contributed by atoms with Gasteiger partial charge in [-0.3, -0.25) is 4.68 Å². The van der Waals surface area contributed by atoms with Crippen LogP contribution >= 0.6 is 11.6 Å². The lowest BCUT2D eigenvalue weighted by Gasteiger charge is -2.10. The predicted molar refractivity (Wildman–Crippen MR) is 79.3 cm³/mol. The van der Waals surface area contributed by atoms with Gasteiger partial charge in [-0.2, -0.15) is 5.10 Å². The van der Waals surface area contributed by atoms with Crippen molar-refractivity contribution in [3.05, 3.63) is 52.8 Å². The van der Waals surface area contributed by atoms with Gasteiger partial charge in [0.15, 0.2) is 0 Å². The Morgan fingerprint density at radius 3 is 2.89 bits per heavy atom. The van der Waals surface area contributed by atoms with E-state index in [2.05, 4.69) is 36.4 Å². The van der Waals surface area contributed by atoms with Crippen molar-refractivity contribution in [1.82, 2.24) is 15.1 Å². The fourth-order valence-corrected chi connectivity index (χ4v) is 2.16. The molecule has 0 radical (unpaired) electrons. The Morgan fingerprint density at radius 2 is 2.16 bits per heavy atom. The zero-order valence-electron chi connectivity index (χ0n) is 11.4. The summed E-state index contributed by atoms with van der Waals surface area (Å²) >= 11 is 6.00. The summed E-state index contributed by atoms with van der Waals surface area (Å²) in [5.41, 5.74) is 2.36. The lowest BCUT2D eigenvalue weighted by atomic mass is 10.2. The first kappa shape index (κ1) is 14.1. The minimum atomic E-state index is 0.657. The Morgan fingerprint density at radius 1 is 1.32 bits per heavy atom. The highest BCUT2D eigenvalue weighted by Crippen LogP contribution is 2.12. The van der Waals surface area contributed by atoms with E-state index in [-0.39, 0.29) is 0 Å². The highest BCUT2D eigenvalue weighted by atomic mass is 35.5. The first-order valence-electron chi connectivity index (χ1n) is 6.61. The number of aromatic nitrogens is 2. The van der Waals surface area contributed by atoms with E-state index in [0.29, 0.717) is 5.92 Å². The Hall–Kier alpha value is -1.32. The second-order valence-corrected chi connectivity index (χ2v) is 5.57. The normalized spacial score (nSPS) is 11.2. The number of benzene rings is 1. The van der Waals surface area contributed by atoms with E-state index in [9.17, 15) is 0 Å². The van der Waals surface area contributed by atoms with E-state index in [1.165, 1.54) is 11.3 Å². The molecule has 1 aromatic heterocycles. The minimum absolute atomic E-state index is 0.657. The predicted octanol–water partition coefficient (Wildman–Crippen LogP) is 3.33. The van der Waals surface area contributed by atoms with Crippen LogP contribution in [0.3, 0.4) is 0 Å². The van der Waals surface area contributed by atoms with Gasteiger partial charge >= 0.3 is 0 Å². The molecule has 0 saturated heterocycles. The third-order valence-electron chi connectivity index (χ3n) is 2.88. The quantitative estimate of drug-likeness (QED) is 0.878. The van der Waals surface area contributed by atoms with E-state index in [0.717, 1.165) is 24.7 Å². The molecule has 0 spiro atoms. The molecule has 102 valence electrons. The molecule has 2 rings (SSSR count). The first-order valence-corrected chi connectivity index (χ1v) is 6.99. The third kappa shape index (κ3) is 4.37. The molecule has 0 aliphatic rings. The van der Waals surface area contributed by atoms with Crippen molar-refractivity contribution in [2.75, 3.05) is 6.54 Å². The van der Waals surface area contributed by atoms with Crippen LogP contribution in [0.2, 0.25) is 5.02 Å². The van der Waals surface area contributed by atoms with E-state index >= 15 is 0 Å². The van der Waals surface area contributed by atoms with E-state index in [4.69, 9.17) is 11.6 Å². The van der Waals surface area contributed by atoms with Gasteiger partial charge in [0.05, 0.1) is 12.2 Å². The van der Waals surface area contributed by atoms with Gasteiger partial charge < -0.3 is 5.32 Å². The van der Waals surface area contributed by atoms with Crippen molar-refractivity contribution in [2.45, 2.75) is 26.9 Å². The van der Waals surface area contributed by atoms with E-state index < -0.39 is 0 Å². The van der Waals surface area contributed by atoms with Crippen LogP contribution in [-0.4, -0.2) is 16.3 Å². The molecule has 0 unspecified atom stereocenters. The molecular formula is C15H20ClN3. The maximum Gasteiger partial charge on any atom is 0.0663 e. The van der Waals surface area contributed by atoms with Crippen LogP contribution in [0.5, 0.6) is 0 Å². The van der Waals surface area contributed by atoms with Crippen LogP contribution in [0.4, 0.5) is 0 Å². The summed E-state index contributed by atoms with van der Waals surface area (Å²) in [6, 6.07) is 9.96. The lowest BCUT2D eigenvalue weighted by molar-refractivity contribution is 0.529. The molecule has 0 aliphatic carbocycles. The maximum atomic E-state index is 6.00. The zero-order chi connectivity index (χ0) is 13.7. The topological polar surface area (TPSA) is 29.9 Å². The van der Waals surface area contributed by atoms with Crippen molar-refractivity contribution in [3.8, 4) is 0 Å². The summed E-state index contributed by atoms with van der Waals surface area (Å²) in [6.07, 6.45) is 1.84. The largest absolute Gasteiger partial charge is 0.311 e. The van der Waals surface area contributed by atoms with Gasteiger partial charge in [-0.25, -0.2) is 0 Å². The van der Waals surface area contributed by atoms with Crippen LogP contribution in [0.15, 0.2) is 36.5 Å². The molecule has 0 saturated carbocycles. The summed E-state index contributed by atoms with van der Waals surface area (Å²) in [5, 5.41) is 8.58. The first-order chi connectivity index (χ1) is 9.15. The molecule has 19 heavy (non-hydrogen) atoms. The summed E-state index contributed by atoms with van der Waals surface area (Å²) in [5.74, 6) is 0.657. The maximum absolute atomic E-state index is 6.00. The monoisotopic (exact) mass is 277 g/mol. The lowest BCUT2D eigenvalue weighted by Crippen LogP contribution is -2.21. The molecule has 0 atom stereocenters. The van der Waals surface area contributed by atoms with Gasteiger partial charge in [-0.05, 0) is 36.2 Å². The smallest absolute Gasteiger partial charge is 0.0663 e. The molecule has 0 aliphatic heterocycles. The molecule has 1 aromatic carbocycles. The van der Waals surface area contributed by atoms with Crippen LogP contribution < -0.4 is 5.32 Å². The summed E-state index contributed by atoms with van der Waals surface area (Å²) in [7, 11) is 0. The number of nitrogens with one attached hydrogen (secondary N) is 1. The van der Waals surface area contributed by atoms with Gasteiger partial charge in [0.2, 0.25) is 0 Å². The number of hydrogen-bond donors (Lipinski definition) is 1. The molecule has 0 fully saturated rings. The number of halogens is 1. The fourth-order valence-electron chi connectivity index (χ4n) is 1.95. The summed E-state index contributed by atoms with van der Waals surface area (Å²) in [4.78, 5) is 0. The molecule has 4 heteroatoms. The van der Waals surface area contributed by atoms with Gasteiger partial charge in [0.1, 0.15) is 0 Å². The van der Waals surface area contributed by atoms with Crippen molar-refractivity contribution < 1.29 is 0 Å². The standard InChI is InChI=1S/C15H20ClN3/c1-12(2)9-17-10-15-6-7-18-19(15)11-13-4-3-5-14(16)8-13/h3-8,12,17H,9-11H2,1-2H3. The van der Waals surface area contributed by atoms with Crippen LogP contribution in [0, 0.1) is 5.92 Å². The van der Waals surface area contributed by atoms with Gasteiger partial charge in [-0.15, -0.1) is 0 Å². The van der Waals surface area contributed by atoms with Crippen molar-refractivity contribution in [1.29, 1.82) is 0 Å². The molecule has 3 nitrogen and oxygen atoms in total. The van der Waals surface area contributed by atoms with Crippen LogP contribution in [0.25, 0.3) is 0 Å². The molecular weight excluding hydrogens is 258 g/mol. The second kappa shape index (κ2) is 6.73. The summed E-state index contributed by atoms with van der Waals surface area (Å²) < 4.78 is 2.01. The average Bonchev–Trinajstić information content (AvgIpc) is 2.76. The fraction of sp³-hybridized carbons (Fsp3) is 0.400. The van der Waals surface area contributed by atoms with Crippen LogP contribution in [-0.2, 0) is 13.1 Å². The second-order valence-electron chi connectivity index (χ2n) is 5.13. The van der Waals surface area contributed by atoms with Gasteiger partial charge in [-0.1, -0.05) is 37.6 Å². The van der Waals surface area contributed by atoms with E-state index in [1.807, 2.05) is 29.1 Å². The van der Waals surface area contributed by atoms with Gasteiger partial charge in [0.25, 0.3) is 0 Å². The molecule has 0 amide bonds. The third-order valence-corrected chi connectivity index (χ3v) is 3.12. The molecule has 1 N–H and O–H groups in total. The van der Waals surface area contributed by atoms with Crippen molar-refractivity contribution in [3.63, 3.8) is 0 Å². The SMILES string of the molecule is CC(C)CNCc1ccnn1Cc1cccc(Cl)c1. The molecule has 0 bridgehead atoms. The Balaban J connectivity index is 1.99. The van der Waals surface area contributed by atoms with Gasteiger partial charge in [0, 0.05) is 17.8 Å². The zero-order valence-corrected chi connectivity index (χ0v) is 12.2. The average molecular weight is 278 g/mol. The van der Waals surface area contributed by atoms with E-state index in [1.54, 1.807) is 0 Å². The number of nitrogens with zero attached hydrogens (tertiary/aromatic N) is 2. The van der Waals surface area contributed by atoms with Crippen LogP contribution in [0.1, 0.15) is 25.1 Å². The Kier molecular flexibility index (Phi) is 5.00. The highest BCUT2D eigenvalue weighted by molar-refractivity contribution is 6.30. The van der Waals surface area contributed by atoms with Crippen molar-refractivity contribution in [2.24, 2.45) is 5.92 Å². The van der Waals surface area contributed by atoms with Crippen molar-refractivity contribution >= 4 is 11.6 Å². The Labute approximate surface area is 119 Å². The number of hydrogen-bond acceptors (Lipinski definition) is 2. The highest BCUT2D eigenvalue weighted by Gasteiger charge is 2.04. The Bertz CT molecular complexity index is 520. The minimum Gasteiger partial charge on any atom is -0.311 e. The molecule has 2 aromatic rings. The number of rotatable bonds is 6.